The van der Waals surface area contributed by atoms with Crippen LogP contribution in [0.2, 0.25) is 0 Å². The number of aromatic amines is 1. The molecule has 0 saturated carbocycles. The van der Waals surface area contributed by atoms with Crippen molar-refractivity contribution in [2.24, 2.45) is 18.7 Å². The molecule has 5 N–H and O–H groups in total. The monoisotopic (exact) mass is 383 g/mol. The highest BCUT2D eigenvalue weighted by molar-refractivity contribution is 5.76. The minimum absolute atomic E-state index is 0.0151. The molecule has 2 aromatic rings. The van der Waals surface area contributed by atoms with Gasteiger partial charge in [-0.25, -0.2) is 4.39 Å². The van der Waals surface area contributed by atoms with Crippen LogP contribution in [-0.4, -0.2) is 45.9 Å². The standard InChI is InChI=1S/C10H19NO3.C7H7FN4O/c1-7(2)9(11)10(12)14-6-8-4-3-5-13-8;1-12-2-3(8)4-5(12)10-7(9)11-6(4)13/h7-9H,3-6,11H2,1-2H3;2H,1H3,(H3,9,10,11,13). The Labute approximate surface area is 155 Å². The molecule has 3 rings (SSSR count). The van der Waals surface area contributed by atoms with Gasteiger partial charge < -0.3 is 25.5 Å². The number of hydrogen-bond acceptors (Lipinski definition) is 7. The van der Waals surface area contributed by atoms with E-state index >= 15 is 0 Å². The molecule has 0 spiro atoms. The summed E-state index contributed by atoms with van der Waals surface area (Å²) in [6.07, 6.45) is 3.30. The maximum atomic E-state index is 13.1. The van der Waals surface area contributed by atoms with Crippen molar-refractivity contribution in [3.63, 3.8) is 0 Å². The van der Waals surface area contributed by atoms with E-state index in [9.17, 15) is 14.0 Å². The van der Waals surface area contributed by atoms with Crippen molar-refractivity contribution < 1.29 is 18.7 Å². The molecule has 0 radical (unpaired) electrons. The maximum absolute atomic E-state index is 13.1. The predicted octanol–water partition coefficient (Wildman–Crippen LogP) is 0.675. The first-order valence-electron chi connectivity index (χ1n) is 8.74. The fourth-order valence-corrected chi connectivity index (χ4v) is 2.56. The summed E-state index contributed by atoms with van der Waals surface area (Å²) in [4.78, 5) is 28.6. The number of ether oxygens (including phenoxy) is 2. The molecule has 0 amide bonds. The van der Waals surface area contributed by atoms with Gasteiger partial charge in [-0.2, -0.15) is 4.98 Å². The Bertz CT molecular complexity index is 842. The lowest BCUT2D eigenvalue weighted by Crippen LogP contribution is -2.38. The summed E-state index contributed by atoms with van der Waals surface area (Å²) in [5.41, 5.74) is 10.6. The average Bonchev–Trinajstić information content (AvgIpc) is 3.21. The molecule has 10 heteroatoms. The SMILES string of the molecule is CC(C)C(N)C(=O)OCC1CCCO1.Cn1cc(F)c2c(=O)[nH]c(N)nc21. The fourth-order valence-electron chi connectivity index (χ4n) is 2.56. The maximum Gasteiger partial charge on any atom is 0.323 e. The van der Waals surface area contributed by atoms with Crippen molar-refractivity contribution in [2.45, 2.75) is 38.8 Å². The van der Waals surface area contributed by atoms with Gasteiger partial charge in [0.25, 0.3) is 5.56 Å². The molecule has 0 aromatic carbocycles. The summed E-state index contributed by atoms with van der Waals surface area (Å²) in [6.45, 7) is 4.92. The number of carbonyl (C=O) groups is 1. The summed E-state index contributed by atoms with van der Waals surface area (Å²) in [7, 11) is 1.59. The van der Waals surface area contributed by atoms with Crippen LogP contribution >= 0.6 is 0 Å². The molecule has 150 valence electrons. The number of halogens is 1. The normalized spacial score (nSPS) is 17.6. The third-order valence-electron chi connectivity index (χ3n) is 4.22. The smallest absolute Gasteiger partial charge is 0.323 e. The number of esters is 1. The second-order valence-electron chi connectivity index (χ2n) is 6.77. The first-order chi connectivity index (χ1) is 12.7. The summed E-state index contributed by atoms with van der Waals surface area (Å²) in [5, 5.41) is -0.0586. The number of nitrogen functional groups attached to an aromatic ring is 1. The zero-order valence-corrected chi connectivity index (χ0v) is 15.7. The summed E-state index contributed by atoms with van der Waals surface area (Å²) < 4.78 is 24.9. The van der Waals surface area contributed by atoms with Crippen LogP contribution in [0.4, 0.5) is 10.3 Å². The van der Waals surface area contributed by atoms with Gasteiger partial charge in [0.1, 0.15) is 18.0 Å². The van der Waals surface area contributed by atoms with E-state index in [-0.39, 0.29) is 35.0 Å². The highest BCUT2D eigenvalue weighted by Gasteiger charge is 2.22. The molecule has 2 atom stereocenters. The van der Waals surface area contributed by atoms with E-state index < -0.39 is 17.4 Å². The van der Waals surface area contributed by atoms with Gasteiger partial charge >= 0.3 is 5.97 Å². The number of nitrogens with one attached hydrogen (secondary N) is 1. The number of nitrogens with two attached hydrogens (primary N) is 2. The summed E-state index contributed by atoms with van der Waals surface area (Å²) in [5.74, 6) is -0.813. The molecule has 9 nitrogen and oxygen atoms in total. The quantitative estimate of drug-likeness (QED) is 0.660. The summed E-state index contributed by atoms with van der Waals surface area (Å²) in [6, 6.07) is -0.517. The van der Waals surface area contributed by atoms with Crippen LogP contribution in [-0.2, 0) is 21.3 Å². The number of rotatable bonds is 4. The van der Waals surface area contributed by atoms with E-state index in [1.807, 2.05) is 13.8 Å². The molecule has 0 bridgehead atoms. The number of carbonyl (C=O) groups excluding carboxylic acids is 1. The van der Waals surface area contributed by atoms with E-state index in [1.165, 1.54) is 10.8 Å². The minimum Gasteiger partial charge on any atom is -0.462 e. The number of hydrogen-bond donors (Lipinski definition) is 3. The van der Waals surface area contributed by atoms with Crippen molar-refractivity contribution in [3.05, 3.63) is 22.4 Å². The molecular formula is C17H26FN5O4. The Balaban J connectivity index is 0.000000194. The second kappa shape index (κ2) is 8.96. The van der Waals surface area contributed by atoms with Crippen LogP contribution in [0.25, 0.3) is 11.0 Å². The Morgan fingerprint density at radius 2 is 2.26 bits per heavy atom. The van der Waals surface area contributed by atoms with Gasteiger partial charge in [0, 0.05) is 19.9 Å². The molecule has 3 heterocycles. The van der Waals surface area contributed by atoms with Gasteiger partial charge in [-0.1, -0.05) is 13.8 Å². The number of anilines is 1. The number of aryl methyl sites for hydroxylation is 1. The van der Waals surface area contributed by atoms with Gasteiger partial charge in [0.15, 0.2) is 11.5 Å². The van der Waals surface area contributed by atoms with E-state index in [1.54, 1.807) is 7.05 Å². The van der Waals surface area contributed by atoms with Gasteiger partial charge in [0.2, 0.25) is 5.95 Å². The highest BCUT2D eigenvalue weighted by atomic mass is 19.1. The van der Waals surface area contributed by atoms with Crippen LogP contribution in [0.15, 0.2) is 11.0 Å². The Morgan fingerprint density at radius 3 is 2.85 bits per heavy atom. The lowest BCUT2D eigenvalue weighted by molar-refractivity contribution is -0.149. The Kier molecular flexibility index (Phi) is 6.92. The number of fused-ring (bicyclic) bond motifs is 1. The van der Waals surface area contributed by atoms with E-state index in [0.29, 0.717) is 6.61 Å². The number of nitrogens with zero attached hydrogens (tertiary/aromatic N) is 2. The molecule has 1 saturated heterocycles. The number of H-pyrrole nitrogens is 1. The van der Waals surface area contributed by atoms with E-state index in [0.717, 1.165) is 19.4 Å². The van der Waals surface area contributed by atoms with Crippen LogP contribution in [0.1, 0.15) is 26.7 Å². The van der Waals surface area contributed by atoms with Gasteiger partial charge in [-0.3, -0.25) is 14.6 Å². The van der Waals surface area contributed by atoms with Gasteiger partial charge in [-0.05, 0) is 18.8 Å². The van der Waals surface area contributed by atoms with Crippen LogP contribution < -0.4 is 17.0 Å². The van der Waals surface area contributed by atoms with Gasteiger partial charge in [-0.15, -0.1) is 0 Å². The molecule has 0 aliphatic carbocycles. The van der Waals surface area contributed by atoms with Crippen molar-refractivity contribution in [1.29, 1.82) is 0 Å². The van der Waals surface area contributed by atoms with Crippen molar-refractivity contribution in [2.75, 3.05) is 18.9 Å². The molecule has 1 fully saturated rings. The Morgan fingerprint density at radius 1 is 1.56 bits per heavy atom. The van der Waals surface area contributed by atoms with Crippen LogP contribution in [0.3, 0.4) is 0 Å². The van der Waals surface area contributed by atoms with Crippen molar-refractivity contribution in [3.8, 4) is 0 Å². The first kappa shape index (κ1) is 20.8. The Hall–Kier alpha value is -2.46. The van der Waals surface area contributed by atoms with E-state index in [4.69, 9.17) is 20.9 Å². The topological polar surface area (TPSA) is 138 Å². The molecule has 2 aromatic heterocycles. The van der Waals surface area contributed by atoms with E-state index in [2.05, 4.69) is 9.97 Å². The van der Waals surface area contributed by atoms with Crippen LogP contribution in [0.5, 0.6) is 0 Å². The third-order valence-corrected chi connectivity index (χ3v) is 4.22. The molecule has 1 aliphatic heterocycles. The third kappa shape index (κ3) is 5.27. The van der Waals surface area contributed by atoms with Crippen molar-refractivity contribution in [1.82, 2.24) is 14.5 Å². The molecule has 2 unspecified atom stereocenters. The zero-order chi connectivity index (χ0) is 20.1. The van der Waals surface area contributed by atoms with Crippen molar-refractivity contribution >= 4 is 23.0 Å². The fraction of sp³-hybridized carbons (Fsp3) is 0.588. The summed E-state index contributed by atoms with van der Waals surface area (Å²) >= 11 is 0. The minimum atomic E-state index is -0.591. The lowest BCUT2D eigenvalue weighted by atomic mass is 10.1. The average molecular weight is 383 g/mol. The van der Waals surface area contributed by atoms with Gasteiger partial charge in [0.05, 0.1) is 6.10 Å². The molecular weight excluding hydrogens is 357 g/mol. The largest absolute Gasteiger partial charge is 0.462 e. The number of aromatic nitrogens is 3. The lowest BCUT2D eigenvalue weighted by Gasteiger charge is -2.16. The zero-order valence-electron chi connectivity index (χ0n) is 15.7. The first-order valence-corrected chi connectivity index (χ1v) is 8.74. The second-order valence-corrected chi connectivity index (χ2v) is 6.77. The predicted molar refractivity (Wildman–Crippen MR) is 98.5 cm³/mol. The highest BCUT2D eigenvalue weighted by Crippen LogP contribution is 2.13. The molecule has 1 aliphatic rings. The van der Waals surface area contributed by atoms with Crippen LogP contribution in [0, 0.1) is 11.7 Å². The molecule has 27 heavy (non-hydrogen) atoms.